The molecule has 0 aromatic heterocycles. The second-order valence-electron chi connectivity index (χ2n) is 4.75. The number of hydroxylamine groups is 1. The highest BCUT2D eigenvalue weighted by Gasteiger charge is 2.11. The first kappa shape index (κ1) is 17.8. The van der Waals surface area contributed by atoms with Crippen molar-refractivity contribution < 1.29 is 14.8 Å². The molecule has 0 aliphatic rings. The van der Waals surface area contributed by atoms with Crippen LogP contribution in [0.3, 0.4) is 0 Å². The third-order valence-electron chi connectivity index (χ3n) is 3.09. The van der Waals surface area contributed by atoms with Gasteiger partial charge in [-0.05, 0) is 47.6 Å². The Bertz CT molecular complexity index is 500. The van der Waals surface area contributed by atoms with Gasteiger partial charge in [-0.15, -0.1) is 0 Å². The van der Waals surface area contributed by atoms with Crippen LogP contribution in [-0.2, 0) is 9.59 Å². The first-order chi connectivity index (χ1) is 10.0. The Kier molecular flexibility index (Phi) is 8.14. The van der Waals surface area contributed by atoms with Gasteiger partial charge in [-0.2, -0.15) is 0 Å². The molecule has 1 aromatic carbocycles. The summed E-state index contributed by atoms with van der Waals surface area (Å²) in [6, 6.07) is 7.33. The number of ketones is 1. The maximum absolute atomic E-state index is 11.9. The van der Waals surface area contributed by atoms with Crippen LogP contribution in [0.25, 0.3) is 0 Å². The zero-order chi connectivity index (χ0) is 15.7. The average molecular weight is 402 g/mol. The van der Waals surface area contributed by atoms with Gasteiger partial charge in [0.05, 0.1) is 0 Å². The smallest absolute Gasteiger partial charge is 0.243 e. The highest BCUT2D eigenvalue weighted by Crippen LogP contribution is 2.11. The van der Waals surface area contributed by atoms with E-state index in [4.69, 9.17) is 10.6 Å². The number of benzene rings is 1. The number of Topliss-reactive ketones (excluding diaryl/α,β-unsaturated/α-hetero) is 1. The maximum atomic E-state index is 11.9. The average Bonchev–Trinajstić information content (AvgIpc) is 2.50. The first-order valence-corrected chi connectivity index (χ1v) is 7.93. The number of halogens is 1. The van der Waals surface area contributed by atoms with Crippen molar-refractivity contribution in [1.29, 1.82) is 5.41 Å². The highest BCUT2D eigenvalue weighted by molar-refractivity contribution is 14.1. The second-order valence-corrected chi connectivity index (χ2v) is 6.00. The van der Waals surface area contributed by atoms with Gasteiger partial charge in [0.1, 0.15) is 5.71 Å². The quantitative estimate of drug-likeness (QED) is 0.195. The molecular weight excluding hydrogens is 383 g/mol. The van der Waals surface area contributed by atoms with E-state index in [0.29, 0.717) is 31.2 Å². The van der Waals surface area contributed by atoms with E-state index < -0.39 is 0 Å². The lowest BCUT2D eigenvalue weighted by Gasteiger charge is -2.04. The zero-order valence-electron chi connectivity index (χ0n) is 11.7. The van der Waals surface area contributed by atoms with Crippen molar-refractivity contribution in [1.82, 2.24) is 5.48 Å². The molecule has 1 amide bonds. The second kappa shape index (κ2) is 9.62. The molecule has 21 heavy (non-hydrogen) atoms. The Morgan fingerprint density at radius 3 is 2.19 bits per heavy atom. The van der Waals surface area contributed by atoms with Gasteiger partial charge in [-0.25, -0.2) is 5.48 Å². The number of unbranched alkanes of at least 4 members (excludes halogenated alkanes) is 3. The summed E-state index contributed by atoms with van der Waals surface area (Å²) in [5.41, 5.74) is 2.30. The maximum Gasteiger partial charge on any atom is 0.243 e. The van der Waals surface area contributed by atoms with Crippen LogP contribution in [0.5, 0.6) is 0 Å². The topological polar surface area (TPSA) is 90.2 Å². The molecule has 0 saturated heterocycles. The summed E-state index contributed by atoms with van der Waals surface area (Å²) in [5, 5.41) is 16.2. The largest absolute Gasteiger partial charge is 0.297 e. The van der Waals surface area contributed by atoms with Gasteiger partial charge >= 0.3 is 0 Å². The number of amides is 1. The van der Waals surface area contributed by atoms with Gasteiger partial charge in [0.25, 0.3) is 0 Å². The Hall–Kier alpha value is -1.28. The minimum Gasteiger partial charge on any atom is -0.297 e. The molecule has 0 saturated carbocycles. The molecule has 0 atom stereocenters. The molecular formula is C15H19IN2O3. The van der Waals surface area contributed by atoms with E-state index in [2.05, 4.69) is 22.6 Å². The number of hydrogen-bond donors (Lipinski definition) is 3. The van der Waals surface area contributed by atoms with Gasteiger partial charge in [0.2, 0.25) is 5.91 Å². The molecule has 0 fully saturated rings. The van der Waals surface area contributed by atoms with Gasteiger partial charge in [0.15, 0.2) is 5.78 Å². The van der Waals surface area contributed by atoms with Gasteiger partial charge in [0, 0.05) is 22.0 Å². The van der Waals surface area contributed by atoms with E-state index in [-0.39, 0.29) is 17.4 Å². The van der Waals surface area contributed by atoms with E-state index >= 15 is 0 Å². The predicted molar refractivity (Wildman–Crippen MR) is 88.6 cm³/mol. The molecule has 0 aliphatic carbocycles. The van der Waals surface area contributed by atoms with E-state index in [1.54, 1.807) is 17.6 Å². The van der Waals surface area contributed by atoms with Crippen molar-refractivity contribution in [3.05, 3.63) is 33.4 Å². The Morgan fingerprint density at radius 2 is 1.62 bits per heavy atom. The Labute approximate surface area is 137 Å². The SMILES string of the molecule is N=C(C(=O)CCCCCCC(=O)NO)c1ccc(I)cc1. The number of nitrogens with one attached hydrogen (secondary N) is 2. The van der Waals surface area contributed by atoms with Crippen molar-refractivity contribution in [2.45, 2.75) is 38.5 Å². The number of carbonyl (C=O) groups is 2. The molecule has 0 bridgehead atoms. The highest BCUT2D eigenvalue weighted by atomic mass is 127. The number of hydrogen-bond acceptors (Lipinski definition) is 4. The summed E-state index contributed by atoms with van der Waals surface area (Å²) >= 11 is 2.18. The van der Waals surface area contributed by atoms with Crippen LogP contribution in [-0.4, -0.2) is 22.6 Å². The van der Waals surface area contributed by atoms with Crippen LogP contribution in [0.2, 0.25) is 0 Å². The molecule has 0 radical (unpaired) electrons. The molecule has 3 N–H and O–H groups in total. The summed E-state index contributed by atoms with van der Waals surface area (Å²) < 4.78 is 1.07. The molecule has 5 nitrogen and oxygen atoms in total. The van der Waals surface area contributed by atoms with Crippen LogP contribution in [0, 0.1) is 8.98 Å². The zero-order valence-corrected chi connectivity index (χ0v) is 13.9. The summed E-state index contributed by atoms with van der Waals surface area (Å²) in [5.74, 6) is -0.532. The van der Waals surface area contributed by atoms with E-state index in [0.717, 1.165) is 16.4 Å². The fourth-order valence-corrected chi connectivity index (χ4v) is 2.24. The molecule has 0 spiro atoms. The van der Waals surface area contributed by atoms with Crippen LogP contribution in [0.15, 0.2) is 24.3 Å². The van der Waals surface area contributed by atoms with Crippen LogP contribution in [0.4, 0.5) is 0 Å². The molecule has 1 aromatic rings. The van der Waals surface area contributed by atoms with Gasteiger partial charge in [-0.3, -0.25) is 20.2 Å². The van der Waals surface area contributed by atoms with Gasteiger partial charge < -0.3 is 0 Å². The normalized spacial score (nSPS) is 10.2. The lowest BCUT2D eigenvalue weighted by Crippen LogP contribution is -2.17. The van der Waals surface area contributed by atoms with Crippen molar-refractivity contribution in [2.75, 3.05) is 0 Å². The van der Waals surface area contributed by atoms with Crippen molar-refractivity contribution in [3.8, 4) is 0 Å². The molecule has 0 aliphatic heterocycles. The number of rotatable bonds is 9. The van der Waals surface area contributed by atoms with E-state index in [9.17, 15) is 9.59 Å². The Balaban J connectivity index is 2.23. The Morgan fingerprint density at radius 1 is 1.05 bits per heavy atom. The summed E-state index contributed by atoms with van der Waals surface area (Å²) in [6.45, 7) is 0. The molecule has 114 valence electrons. The summed E-state index contributed by atoms with van der Waals surface area (Å²) in [7, 11) is 0. The summed E-state index contributed by atoms with van der Waals surface area (Å²) in [4.78, 5) is 22.7. The lowest BCUT2D eigenvalue weighted by atomic mass is 10.0. The lowest BCUT2D eigenvalue weighted by molar-refractivity contribution is -0.129. The molecule has 6 heteroatoms. The minimum atomic E-state index is -0.383. The fraction of sp³-hybridized carbons (Fsp3) is 0.400. The minimum absolute atomic E-state index is 0.0612. The third-order valence-corrected chi connectivity index (χ3v) is 3.81. The number of carbonyl (C=O) groups excluding carboxylic acids is 2. The monoisotopic (exact) mass is 402 g/mol. The molecule has 1 rings (SSSR count). The van der Waals surface area contributed by atoms with Crippen molar-refractivity contribution >= 4 is 40.0 Å². The molecule has 0 heterocycles. The third kappa shape index (κ3) is 6.81. The van der Waals surface area contributed by atoms with E-state index in [1.807, 2.05) is 12.1 Å². The van der Waals surface area contributed by atoms with Crippen molar-refractivity contribution in [2.24, 2.45) is 0 Å². The summed E-state index contributed by atoms with van der Waals surface area (Å²) in [6.07, 6.45) is 3.73. The van der Waals surface area contributed by atoms with Crippen LogP contribution >= 0.6 is 22.6 Å². The fourth-order valence-electron chi connectivity index (χ4n) is 1.88. The first-order valence-electron chi connectivity index (χ1n) is 6.85. The van der Waals surface area contributed by atoms with Crippen LogP contribution < -0.4 is 5.48 Å². The van der Waals surface area contributed by atoms with E-state index in [1.165, 1.54) is 0 Å². The van der Waals surface area contributed by atoms with Crippen molar-refractivity contribution in [3.63, 3.8) is 0 Å². The standard InChI is InChI=1S/C15H19IN2O3/c16-12-9-7-11(8-10-12)15(17)13(19)5-3-1-2-4-6-14(20)18-21/h7-10,17,21H,1-6H2,(H,18,20). The van der Waals surface area contributed by atoms with Crippen LogP contribution in [0.1, 0.15) is 44.1 Å². The molecule has 0 unspecified atom stereocenters. The predicted octanol–water partition coefficient (Wildman–Crippen LogP) is 3.07. The van der Waals surface area contributed by atoms with Gasteiger partial charge in [-0.1, -0.05) is 25.0 Å².